The second-order valence-corrected chi connectivity index (χ2v) is 3.07. The van der Waals surface area contributed by atoms with E-state index in [9.17, 15) is 0 Å². The highest BCUT2D eigenvalue weighted by Gasteiger charge is 2.55. The zero-order chi connectivity index (χ0) is 6.32. The molecular weight excluding hydrogens is 112 g/mol. The van der Waals surface area contributed by atoms with Crippen LogP contribution in [0.5, 0.6) is 0 Å². The summed E-state index contributed by atoms with van der Waals surface area (Å²) in [6, 6.07) is 2.31. The summed E-state index contributed by atoms with van der Waals surface area (Å²) in [5.74, 6) is 0.333. The first-order valence-electron chi connectivity index (χ1n) is 3.52. The molecule has 1 spiro atoms. The van der Waals surface area contributed by atoms with Crippen LogP contribution in [-0.4, -0.2) is 12.1 Å². The number of hydrogen-bond donors (Lipinski definition) is 1. The zero-order valence-electron chi connectivity index (χ0n) is 5.35. The Bertz CT molecular complexity index is 162. The van der Waals surface area contributed by atoms with Gasteiger partial charge >= 0.3 is 0 Å². The van der Waals surface area contributed by atoms with E-state index in [-0.39, 0.29) is 0 Å². The summed E-state index contributed by atoms with van der Waals surface area (Å²) < 4.78 is 0. The van der Waals surface area contributed by atoms with Crippen LogP contribution in [0.3, 0.4) is 0 Å². The van der Waals surface area contributed by atoms with Crippen LogP contribution in [0, 0.1) is 17.2 Å². The lowest BCUT2D eigenvalue weighted by Crippen LogP contribution is -2.25. The van der Waals surface area contributed by atoms with Gasteiger partial charge in [0.15, 0.2) is 0 Å². The molecule has 0 aromatic heterocycles. The van der Waals surface area contributed by atoms with E-state index in [0.29, 0.717) is 11.5 Å². The Hall–Kier alpha value is -0.550. The van der Waals surface area contributed by atoms with Crippen molar-refractivity contribution >= 4 is 0 Å². The van der Waals surface area contributed by atoms with Gasteiger partial charge in [0.2, 0.25) is 0 Å². The second kappa shape index (κ2) is 1.48. The molecule has 1 N–H and O–H groups in total. The first kappa shape index (κ1) is 5.25. The lowest BCUT2D eigenvalue weighted by atomic mass is 10.2. The Balaban J connectivity index is 2.07. The molecule has 2 heteroatoms. The molecule has 0 bridgehead atoms. The summed E-state index contributed by atoms with van der Waals surface area (Å²) in [4.78, 5) is 0. The molecule has 9 heavy (non-hydrogen) atoms. The molecule has 2 fully saturated rings. The second-order valence-electron chi connectivity index (χ2n) is 3.07. The van der Waals surface area contributed by atoms with Crippen LogP contribution in [0.2, 0.25) is 0 Å². The monoisotopic (exact) mass is 122 g/mol. The van der Waals surface area contributed by atoms with Gasteiger partial charge in [-0.05, 0) is 25.8 Å². The minimum atomic E-state index is 0.300. The Morgan fingerprint density at radius 1 is 1.67 bits per heavy atom. The van der Waals surface area contributed by atoms with Crippen molar-refractivity contribution in [2.75, 3.05) is 6.54 Å². The molecule has 0 amide bonds. The SMILES string of the molecule is N#CC1CC12CCCN2. The van der Waals surface area contributed by atoms with Crippen molar-refractivity contribution in [1.82, 2.24) is 5.32 Å². The number of nitrogens with one attached hydrogen (secondary N) is 1. The van der Waals surface area contributed by atoms with Gasteiger partial charge in [0.25, 0.3) is 0 Å². The summed E-state index contributed by atoms with van der Waals surface area (Å²) in [6.45, 7) is 1.12. The van der Waals surface area contributed by atoms with Gasteiger partial charge in [0.05, 0.1) is 12.0 Å². The zero-order valence-corrected chi connectivity index (χ0v) is 5.35. The lowest BCUT2D eigenvalue weighted by Gasteiger charge is -2.03. The summed E-state index contributed by atoms with van der Waals surface area (Å²) in [7, 11) is 0. The third kappa shape index (κ3) is 0.585. The Kier molecular flexibility index (Phi) is 0.866. The molecule has 0 aromatic rings. The van der Waals surface area contributed by atoms with Gasteiger partial charge in [0.1, 0.15) is 0 Å². The quantitative estimate of drug-likeness (QED) is 0.512. The molecule has 0 aromatic carbocycles. The maximum absolute atomic E-state index is 8.54. The highest BCUT2D eigenvalue weighted by atomic mass is 15.1. The lowest BCUT2D eigenvalue weighted by molar-refractivity contribution is 0.573. The van der Waals surface area contributed by atoms with Crippen molar-refractivity contribution in [1.29, 1.82) is 5.26 Å². The van der Waals surface area contributed by atoms with Crippen molar-refractivity contribution in [3.8, 4) is 6.07 Å². The fourth-order valence-corrected chi connectivity index (χ4v) is 1.78. The largest absolute Gasteiger partial charge is 0.310 e. The molecule has 2 rings (SSSR count). The van der Waals surface area contributed by atoms with Crippen LogP contribution >= 0.6 is 0 Å². The Morgan fingerprint density at radius 3 is 3.00 bits per heavy atom. The molecule has 1 saturated carbocycles. The molecule has 1 aliphatic carbocycles. The maximum atomic E-state index is 8.54. The van der Waals surface area contributed by atoms with E-state index in [4.69, 9.17) is 5.26 Å². The predicted molar refractivity (Wildman–Crippen MR) is 33.7 cm³/mol. The van der Waals surface area contributed by atoms with Crippen molar-refractivity contribution in [3.63, 3.8) is 0 Å². The summed E-state index contributed by atoms with van der Waals surface area (Å²) in [5.41, 5.74) is 0.300. The molecular formula is C7H10N2. The van der Waals surface area contributed by atoms with Crippen LogP contribution in [0.4, 0.5) is 0 Å². The van der Waals surface area contributed by atoms with E-state index >= 15 is 0 Å². The van der Waals surface area contributed by atoms with Crippen molar-refractivity contribution in [2.24, 2.45) is 5.92 Å². The fourth-order valence-electron chi connectivity index (χ4n) is 1.78. The molecule has 2 aliphatic rings. The summed E-state index contributed by atoms with van der Waals surface area (Å²) in [5, 5.41) is 11.9. The topological polar surface area (TPSA) is 35.8 Å². The average Bonchev–Trinajstić information content (AvgIpc) is 2.30. The Labute approximate surface area is 54.9 Å². The van der Waals surface area contributed by atoms with Crippen molar-refractivity contribution in [3.05, 3.63) is 0 Å². The van der Waals surface area contributed by atoms with E-state index in [1.165, 1.54) is 12.8 Å². The first-order valence-corrected chi connectivity index (χ1v) is 3.52. The Morgan fingerprint density at radius 2 is 2.56 bits per heavy atom. The smallest absolute Gasteiger partial charge is 0.0675 e. The molecule has 2 unspecified atom stereocenters. The van der Waals surface area contributed by atoms with Crippen LogP contribution in [0.15, 0.2) is 0 Å². The number of nitrogens with zero attached hydrogens (tertiary/aromatic N) is 1. The highest BCUT2D eigenvalue weighted by molar-refractivity contribution is 5.20. The minimum absolute atomic E-state index is 0.300. The van der Waals surface area contributed by atoms with E-state index in [2.05, 4.69) is 11.4 Å². The molecule has 0 radical (unpaired) electrons. The van der Waals surface area contributed by atoms with Gasteiger partial charge in [-0.2, -0.15) is 5.26 Å². The highest BCUT2D eigenvalue weighted by Crippen LogP contribution is 2.48. The van der Waals surface area contributed by atoms with Crippen LogP contribution in [-0.2, 0) is 0 Å². The normalized spacial score (nSPS) is 47.2. The predicted octanol–water partition coefficient (Wildman–Crippen LogP) is 0.652. The maximum Gasteiger partial charge on any atom is 0.0675 e. The molecule has 48 valence electrons. The van der Waals surface area contributed by atoms with Crippen molar-refractivity contribution in [2.45, 2.75) is 24.8 Å². The van der Waals surface area contributed by atoms with E-state index in [0.717, 1.165) is 13.0 Å². The molecule has 1 saturated heterocycles. The first-order chi connectivity index (χ1) is 4.37. The third-order valence-electron chi connectivity index (χ3n) is 2.51. The van der Waals surface area contributed by atoms with Gasteiger partial charge < -0.3 is 5.32 Å². The van der Waals surface area contributed by atoms with Gasteiger partial charge in [-0.1, -0.05) is 0 Å². The average molecular weight is 122 g/mol. The van der Waals surface area contributed by atoms with Crippen LogP contribution in [0.1, 0.15) is 19.3 Å². The van der Waals surface area contributed by atoms with E-state index < -0.39 is 0 Å². The van der Waals surface area contributed by atoms with E-state index in [1.54, 1.807) is 0 Å². The molecule has 1 aliphatic heterocycles. The summed E-state index contributed by atoms with van der Waals surface area (Å²) >= 11 is 0. The summed E-state index contributed by atoms with van der Waals surface area (Å²) in [6.07, 6.45) is 3.59. The van der Waals surface area contributed by atoms with Gasteiger partial charge in [-0.15, -0.1) is 0 Å². The third-order valence-corrected chi connectivity index (χ3v) is 2.51. The number of hydrogen-bond acceptors (Lipinski definition) is 2. The van der Waals surface area contributed by atoms with Gasteiger partial charge in [0, 0.05) is 5.54 Å². The standard InChI is InChI=1S/C7H10N2/c8-5-6-4-7(6)2-1-3-9-7/h6,9H,1-4H2. The number of nitriles is 1. The van der Waals surface area contributed by atoms with Crippen LogP contribution < -0.4 is 5.32 Å². The fraction of sp³-hybridized carbons (Fsp3) is 0.857. The molecule has 1 heterocycles. The van der Waals surface area contributed by atoms with Gasteiger partial charge in [-0.3, -0.25) is 0 Å². The number of rotatable bonds is 0. The van der Waals surface area contributed by atoms with E-state index in [1.807, 2.05) is 0 Å². The minimum Gasteiger partial charge on any atom is -0.310 e. The molecule has 2 nitrogen and oxygen atoms in total. The van der Waals surface area contributed by atoms with Crippen molar-refractivity contribution < 1.29 is 0 Å². The van der Waals surface area contributed by atoms with Crippen LogP contribution in [0.25, 0.3) is 0 Å². The molecule has 2 atom stereocenters. The van der Waals surface area contributed by atoms with Gasteiger partial charge in [-0.25, -0.2) is 0 Å².